The summed E-state index contributed by atoms with van der Waals surface area (Å²) in [7, 11) is 0. The van der Waals surface area contributed by atoms with Gasteiger partial charge in [-0.25, -0.2) is 0 Å². The van der Waals surface area contributed by atoms with Crippen LogP contribution in [0.3, 0.4) is 0 Å². The molecule has 0 aliphatic heterocycles. The van der Waals surface area contributed by atoms with E-state index in [1.165, 1.54) is 17.3 Å². The van der Waals surface area contributed by atoms with Crippen LogP contribution in [0.25, 0.3) is 0 Å². The van der Waals surface area contributed by atoms with Crippen molar-refractivity contribution >= 4 is 17.5 Å². The summed E-state index contributed by atoms with van der Waals surface area (Å²) in [6.07, 6.45) is 0. The smallest absolute Gasteiger partial charge is 0.173 e. The molecule has 0 amide bonds. The minimum absolute atomic E-state index is 0.129. The summed E-state index contributed by atoms with van der Waals surface area (Å²) in [5.41, 5.74) is 4.13. The molecule has 0 unspecified atom stereocenters. The second-order valence-electron chi connectivity index (χ2n) is 3.97. The number of ketones is 1. The molecule has 3 heteroatoms. The fourth-order valence-electron chi connectivity index (χ4n) is 1.92. The summed E-state index contributed by atoms with van der Waals surface area (Å²) in [6.45, 7) is 6.12. The van der Waals surface area contributed by atoms with Crippen LogP contribution < -0.4 is 0 Å². The molecular formula is C13H18O2S. The fraction of sp³-hybridized carbons (Fsp3) is 0.462. The zero-order valence-corrected chi connectivity index (χ0v) is 10.9. The van der Waals surface area contributed by atoms with Gasteiger partial charge in [-0.15, -0.1) is 0 Å². The van der Waals surface area contributed by atoms with Gasteiger partial charge < -0.3 is 5.11 Å². The van der Waals surface area contributed by atoms with Crippen LogP contribution in [0.5, 0.6) is 0 Å². The Morgan fingerprint density at radius 3 is 2.31 bits per heavy atom. The Morgan fingerprint density at radius 1 is 1.25 bits per heavy atom. The van der Waals surface area contributed by atoms with E-state index in [0.29, 0.717) is 11.5 Å². The van der Waals surface area contributed by atoms with E-state index in [9.17, 15) is 4.79 Å². The molecule has 1 N–H and O–H groups in total. The number of hydrogen-bond acceptors (Lipinski definition) is 3. The molecule has 2 nitrogen and oxygen atoms in total. The van der Waals surface area contributed by atoms with E-state index < -0.39 is 0 Å². The third-order valence-corrected chi connectivity index (χ3v) is 3.36. The Hall–Kier alpha value is -0.800. The van der Waals surface area contributed by atoms with Gasteiger partial charge in [0.2, 0.25) is 0 Å². The predicted molar refractivity (Wildman–Crippen MR) is 69.4 cm³/mol. The molecule has 1 rings (SSSR count). The highest BCUT2D eigenvalue weighted by Gasteiger charge is 2.12. The van der Waals surface area contributed by atoms with Crippen LogP contribution in [0.2, 0.25) is 0 Å². The van der Waals surface area contributed by atoms with Crippen molar-refractivity contribution in [1.82, 2.24) is 0 Å². The maximum absolute atomic E-state index is 12.0. The van der Waals surface area contributed by atoms with Crippen LogP contribution in [0.15, 0.2) is 12.1 Å². The fourth-order valence-corrected chi connectivity index (χ4v) is 2.52. The number of aryl methyl sites for hydroxylation is 3. The van der Waals surface area contributed by atoms with Crippen molar-refractivity contribution in [3.05, 3.63) is 34.4 Å². The SMILES string of the molecule is Cc1cc(C)c(C(=O)CSCCO)c(C)c1. The van der Waals surface area contributed by atoms with E-state index in [4.69, 9.17) is 5.11 Å². The lowest BCUT2D eigenvalue weighted by atomic mass is 9.97. The van der Waals surface area contributed by atoms with Crippen LogP contribution in [-0.4, -0.2) is 29.0 Å². The second-order valence-corrected chi connectivity index (χ2v) is 5.08. The zero-order chi connectivity index (χ0) is 12.1. The first-order chi connectivity index (χ1) is 7.56. The maximum atomic E-state index is 12.0. The molecule has 0 saturated heterocycles. The van der Waals surface area contributed by atoms with Crippen LogP contribution in [-0.2, 0) is 0 Å². The molecule has 0 fully saturated rings. The number of rotatable bonds is 5. The van der Waals surface area contributed by atoms with Crippen molar-refractivity contribution in [3.63, 3.8) is 0 Å². The number of aliphatic hydroxyl groups is 1. The average molecular weight is 238 g/mol. The summed E-state index contributed by atoms with van der Waals surface area (Å²) in [6, 6.07) is 4.08. The third-order valence-electron chi connectivity index (χ3n) is 2.42. The average Bonchev–Trinajstić information content (AvgIpc) is 2.16. The van der Waals surface area contributed by atoms with Gasteiger partial charge in [0, 0.05) is 11.3 Å². The van der Waals surface area contributed by atoms with Gasteiger partial charge in [-0.05, 0) is 31.9 Å². The third kappa shape index (κ3) is 3.35. The van der Waals surface area contributed by atoms with Gasteiger partial charge in [0.1, 0.15) is 0 Å². The number of aliphatic hydroxyl groups excluding tert-OH is 1. The minimum atomic E-state index is 0.129. The highest BCUT2D eigenvalue weighted by atomic mass is 32.2. The second kappa shape index (κ2) is 6.06. The van der Waals surface area contributed by atoms with Crippen molar-refractivity contribution < 1.29 is 9.90 Å². The summed E-state index contributed by atoms with van der Waals surface area (Å²) in [5, 5.41) is 8.66. The van der Waals surface area contributed by atoms with Gasteiger partial charge in [0.15, 0.2) is 5.78 Å². The van der Waals surface area contributed by atoms with E-state index in [1.807, 2.05) is 32.9 Å². The van der Waals surface area contributed by atoms with Crippen LogP contribution in [0.4, 0.5) is 0 Å². The van der Waals surface area contributed by atoms with Crippen LogP contribution >= 0.6 is 11.8 Å². The van der Waals surface area contributed by atoms with Gasteiger partial charge in [-0.2, -0.15) is 11.8 Å². The number of carbonyl (C=O) groups excluding carboxylic acids is 1. The Labute approximate surface area is 101 Å². The zero-order valence-electron chi connectivity index (χ0n) is 10.0. The molecule has 0 saturated carbocycles. The van der Waals surface area contributed by atoms with E-state index in [0.717, 1.165) is 16.7 Å². The Morgan fingerprint density at radius 2 is 1.81 bits per heavy atom. The molecule has 0 radical (unpaired) electrons. The first kappa shape index (κ1) is 13.3. The molecule has 0 atom stereocenters. The topological polar surface area (TPSA) is 37.3 Å². The molecule has 0 aliphatic carbocycles. The molecule has 0 spiro atoms. The minimum Gasteiger partial charge on any atom is -0.396 e. The Balaban J connectivity index is 2.83. The molecule has 0 aromatic heterocycles. The van der Waals surface area contributed by atoms with Crippen molar-refractivity contribution in [2.24, 2.45) is 0 Å². The van der Waals surface area contributed by atoms with E-state index in [-0.39, 0.29) is 12.4 Å². The summed E-state index contributed by atoms with van der Waals surface area (Å²) in [5.74, 6) is 1.23. The highest BCUT2D eigenvalue weighted by Crippen LogP contribution is 2.18. The lowest BCUT2D eigenvalue weighted by Gasteiger charge is -2.09. The van der Waals surface area contributed by atoms with E-state index >= 15 is 0 Å². The lowest BCUT2D eigenvalue weighted by molar-refractivity contribution is 0.102. The van der Waals surface area contributed by atoms with Crippen molar-refractivity contribution in [2.45, 2.75) is 20.8 Å². The summed E-state index contributed by atoms with van der Waals surface area (Å²) >= 11 is 1.48. The molecule has 1 aromatic carbocycles. The van der Waals surface area contributed by atoms with Gasteiger partial charge in [-0.1, -0.05) is 17.7 Å². The van der Waals surface area contributed by atoms with Crippen LogP contribution in [0, 0.1) is 20.8 Å². The maximum Gasteiger partial charge on any atom is 0.173 e. The number of benzene rings is 1. The van der Waals surface area contributed by atoms with E-state index in [1.54, 1.807) is 0 Å². The number of hydrogen-bond donors (Lipinski definition) is 1. The van der Waals surface area contributed by atoms with Gasteiger partial charge in [0.25, 0.3) is 0 Å². The quantitative estimate of drug-likeness (QED) is 0.632. The molecule has 0 heterocycles. The number of Topliss-reactive ketones (excluding diaryl/α,β-unsaturated/α-hetero) is 1. The molecular weight excluding hydrogens is 220 g/mol. The molecule has 1 aromatic rings. The van der Waals surface area contributed by atoms with Gasteiger partial charge in [0.05, 0.1) is 12.4 Å². The van der Waals surface area contributed by atoms with Crippen molar-refractivity contribution in [3.8, 4) is 0 Å². The highest BCUT2D eigenvalue weighted by molar-refractivity contribution is 8.00. The normalized spacial score (nSPS) is 10.5. The Kier molecular flexibility index (Phi) is 5.03. The largest absolute Gasteiger partial charge is 0.396 e. The van der Waals surface area contributed by atoms with Crippen LogP contribution in [0.1, 0.15) is 27.0 Å². The first-order valence-electron chi connectivity index (χ1n) is 5.36. The van der Waals surface area contributed by atoms with E-state index in [2.05, 4.69) is 0 Å². The van der Waals surface area contributed by atoms with Gasteiger partial charge >= 0.3 is 0 Å². The Bertz CT molecular complexity index is 363. The van der Waals surface area contributed by atoms with Gasteiger partial charge in [-0.3, -0.25) is 4.79 Å². The number of thioether (sulfide) groups is 1. The summed E-state index contributed by atoms with van der Waals surface area (Å²) < 4.78 is 0. The lowest BCUT2D eigenvalue weighted by Crippen LogP contribution is -2.08. The standard InChI is InChI=1S/C13H18O2S/c1-9-6-10(2)13(11(3)7-9)12(15)8-16-5-4-14/h6-7,14H,4-5,8H2,1-3H3. The predicted octanol–water partition coefficient (Wildman–Crippen LogP) is 2.52. The monoisotopic (exact) mass is 238 g/mol. The molecule has 16 heavy (non-hydrogen) atoms. The summed E-state index contributed by atoms with van der Waals surface area (Å²) in [4.78, 5) is 12.0. The number of carbonyl (C=O) groups is 1. The molecule has 0 aliphatic rings. The van der Waals surface area contributed by atoms with Crippen molar-refractivity contribution in [1.29, 1.82) is 0 Å². The molecule has 88 valence electrons. The first-order valence-corrected chi connectivity index (χ1v) is 6.51. The molecule has 0 bridgehead atoms. The van der Waals surface area contributed by atoms with Crippen molar-refractivity contribution in [2.75, 3.05) is 18.1 Å².